The van der Waals surface area contributed by atoms with Crippen LogP contribution in [0.2, 0.25) is 0 Å². The highest BCUT2D eigenvalue weighted by Gasteiger charge is 2.30. The molecule has 81 heavy (non-hydrogen) atoms. The molecule has 19 heteroatoms. The molecule has 0 aromatic carbocycles. The summed E-state index contributed by atoms with van der Waals surface area (Å²) in [6.07, 6.45) is 31.0. The molecular weight excluding hydrogens is 1080 g/mol. The third-order valence-corrected chi connectivity index (χ3v) is 16.3. The lowest BCUT2D eigenvalue weighted by Crippen LogP contribution is -2.30. The number of carbonyl (C=O) groups excluding carboxylic acids is 4. The highest BCUT2D eigenvalue weighted by molar-refractivity contribution is 7.47. The second-order valence-electron chi connectivity index (χ2n) is 24.1. The molecule has 0 aliphatic rings. The van der Waals surface area contributed by atoms with Crippen molar-refractivity contribution >= 4 is 39.5 Å². The molecule has 0 aromatic heterocycles. The van der Waals surface area contributed by atoms with Crippen LogP contribution >= 0.6 is 15.6 Å². The molecule has 0 bridgehead atoms. The number of aliphatic hydroxyl groups is 1. The van der Waals surface area contributed by atoms with Crippen molar-refractivity contribution in [1.29, 1.82) is 0 Å². The molecule has 17 nitrogen and oxygen atoms in total. The van der Waals surface area contributed by atoms with Gasteiger partial charge in [0.2, 0.25) is 0 Å². The number of phosphoric ester groups is 2. The summed E-state index contributed by atoms with van der Waals surface area (Å²) in [6.45, 7) is 13.9. The zero-order valence-corrected chi connectivity index (χ0v) is 54.2. The van der Waals surface area contributed by atoms with Crippen LogP contribution in [0.15, 0.2) is 0 Å². The number of rotatable bonds is 59. The Hall–Kier alpha value is -1.94. The average molecular weight is 1200 g/mol. The SMILES string of the molecule is CCC(C)CCCCCCCCC(=O)O[C@H](COC(=O)CCCCCCCCC(C)C)COP(=O)(O)OC[C@H](O)COP(=O)(O)OC[C@@H](COC(=O)CCCCCCCCCC(C)C)OC(=O)CCCCCCCCCCCC(C)C. The number of ether oxygens (including phenoxy) is 4. The van der Waals surface area contributed by atoms with E-state index in [9.17, 15) is 43.2 Å². The number of unbranched alkanes of at least 4 members (excludes halogenated alkanes) is 24. The molecule has 480 valence electrons. The Kier molecular flexibility index (Phi) is 51.1. The van der Waals surface area contributed by atoms with Gasteiger partial charge in [-0.3, -0.25) is 37.3 Å². The molecule has 6 atom stereocenters. The van der Waals surface area contributed by atoms with E-state index < -0.39 is 97.5 Å². The van der Waals surface area contributed by atoms with Crippen LogP contribution in [0, 0.1) is 23.7 Å². The van der Waals surface area contributed by atoms with Crippen LogP contribution in [-0.4, -0.2) is 96.7 Å². The molecule has 0 rings (SSSR count). The number of esters is 4. The third kappa shape index (κ3) is 55.7. The van der Waals surface area contributed by atoms with Gasteiger partial charge in [0.1, 0.15) is 19.3 Å². The van der Waals surface area contributed by atoms with E-state index in [1.54, 1.807) is 0 Å². The van der Waals surface area contributed by atoms with Gasteiger partial charge in [0.05, 0.1) is 26.4 Å². The van der Waals surface area contributed by atoms with E-state index >= 15 is 0 Å². The van der Waals surface area contributed by atoms with Crippen LogP contribution < -0.4 is 0 Å². The molecule has 3 unspecified atom stereocenters. The first-order chi connectivity index (χ1) is 38.6. The Morgan fingerprint density at radius 1 is 0.346 bits per heavy atom. The molecule has 0 spiro atoms. The van der Waals surface area contributed by atoms with Gasteiger partial charge in [-0.05, 0) is 49.4 Å². The van der Waals surface area contributed by atoms with Crippen LogP contribution in [-0.2, 0) is 65.4 Å². The Morgan fingerprint density at radius 3 is 0.877 bits per heavy atom. The summed E-state index contributed by atoms with van der Waals surface area (Å²) in [7, 11) is -9.88. The van der Waals surface area contributed by atoms with Gasteiger partial charge in [-0.25, -0.2) is 9.13 Å². The third-order valence-electron chi connectivity index (χ3n) is 14.4. The van der Waals surface area contributed by atoms with Crippen molar-refractivity contribution in [3.63, 3.8) is 0 Å². The van der Waals surface area contributed by atoms with Crippen LogP contribution in [0.1, 0.15) is 293 Å². The summed E-state index contributed by atoms with van der Waals surface area (Å²) in [5.74, 6) is 0.695. The Bertz CT molecular complexity index is 1630. The van der Waals surface area contributed by atoms with E-state index in [-0.39, 0.29) is 25.7 Å². The summed E-state index contributed by atoms with van der Waals surface area (Å²) >= 11 is 0. The van der Waals surface area contributed by atoms with E-state index in [2.05, 4.69) is 55.4 Å². The number of hydrogen-bond donors (Lipinski definition) is 3. The van der Waals surface area contributed by atoms with Gasteiger partial charge in [-0.2, -0.15) is 0 Å². The second kappa shape index (κ2) is 52.4. The minimum absolute atomic E-state index is 0.101. The normalized spacial score (nSPS) is 14.8. The smallest absolute Gasteiger partial charge is 0.462 e. The maximum absolute atomic E-state index is 12.9. The molecular formula is C62H120O17P2. The van der Waals surface area contributed by atoms with Crippen molar-refractivity contribution in [3.05, 3.63) is 0 Å². The zero-order chi connectivity index (χ0) is 60.4. The van der Waals surface area contributed by atoms with Crippen molar-refractivity contribution in [3.8, 4) is 0 Å². The lowest BCUT2D eigenvalue weighted by molar-refractivity contribution is -0.161. The minimum Gasteiger partial charge on any atom is -0.462 e. The first-order valence-electron chi connectivity index (χ1n) is 32.2. The van der Waals surface area contributed by atoms with Crippen LogP contribution in [0.4, 0.5) is 0 Å². The number of aliphatic hydroxyl groups excluding tert-OH is 1. The molecule has 0 heterocycles. The van der Waals surface area contributed by atoms with Gasteiger partial charge in [-0.1, -0.05) is 242 Å². The van der Waals surface area contributed by atoms with Crippen molar-refractivity contribution in [2.75, 3.05) is 39.6 Å². The molecule has 0 saturated carbocycles. The summed E-state index contributed by atoms with van der Waals surface area (Å²) in [6, 6.07) is 0. The monoisotopic (exact) mass is 1200 g/mol. The number of carbonyl (C=O) groups is 4. The van der Waals surface area contributed by atoms with Crippen molar-refractivity contribution in [2.24, 2.45) is 23.7 Å². The summed E-state index contributed by atoms with van der Waals surface area (Å²) in [5, 5.41) is 10.5. The summed E-state index contributed by atoms with van der Waals surface area (Å²) in [5.41, 5.74) is 0. The first-order valence-corrected chi connectivity index (χ1v) is 35.2. The van der Waals surface area contributed by atoms with Crippen molar-refractivity contribution < 1.29 is 80.2 Å². The highest BCUT2D eigenvalue weighted by atomic mass is 31.2. The maximum atomic E-state index is 12.9. The zero-order valence-electron chi connectivity index (χ0n) is 52.4. The predicted molar refractivity (Wildman–Crippen MR) is 321 cm³/mol. The average Bonchev–Trinajstić information content (AvgIpc) is 3.41. The molecule has 3 N–H and O–H groups in total. The van der Waals surface area contributed by atoms with Crippen LogP contribution in [0.3, 0.4) is 0 Å². The fourth-order valence-electron chi connectivity index (χ4n) is 9.04. The van der Waals surface area contributed by atoms with E-state index in [1.807, 2.05) is 0 Å². The predicted octanol–water partition coefficient (Wildman–Crippen LogP) is 16.6. The molecule has 0 aliphatic carbocycles. The standard InChI is InChI=1S/C62H120O17P2/c1-9-55(8)41-33-25-19-21-29-37-45-62(67)79-58(49-73-60(65)43-35-27-20-18-24-32-40-54(6)7)51-77-81(70,71)75-47-56(63)46-74-80(68,69)76-50-57(48-72-59(64)42-34-26-17-13-15-23-31-39-53(4)5)78-61(66)44-36-28-16-12-10-11-14-22-30-38-52(2)3/h52-58,63H,9-51H2,1-8H3,(H,68,69)(H,70,71)/t55?,56-,57-,58-/m1/s1. The topological polar surface area (TPSA) is 237 Å². The molecule has 0 amide bonds. The van der Waals surface area contributed by atoms with Gasteiger partial charge in [0.15, 0.2) is 12.2 Å². The lowest BCUT2D eigenvalue weighted by atomic mass is 10.00. The summed E-state index contributed by atoms with van der Waals surface area (Å²) in [4.78, 5) is 72.1. The number of phosphoric acid groups is 2. The fraction of sp³-hybridized carbons (Fsp3) is 0.935. The highest BCUT2D eigenvalue weighted by Crippen LogP contribution is 2.45. The van der Waals surface area contributed by atoms with Gasteiger partial charge < -0.3 is 33.8 Å². The fourth-order valence-corrected chi connectivity index (χ4v) is 10.6. The Labute approximate surface area is 492 Å². The maximum Gasteiger partial charge on any atom is 0.472 e. The molecule has 0 fully saturated rings. The largest absolute Gasteiger partial charge is 0.472 e. The second-order valence-corrected chi connectivity index (χ2v) is 27.0. The van der Waals surface area contributed by atoms with Crippen molar-refractivity contribution in [1.82, 2.24) is 0 Å². The molecule has 0 aliphatic heterocycles. The lowest BCUT2D eigenvalue weighted by Gasteiger charge is -2.21. The Balaban J connectivity index is 5.26. The van der Waals surface area contributed by atoms with Gasteiger partial charge in [-0.15, -0.1) is 0 Å². The number of hydrogen-bond acceptors (Lipinski definition) is 15. The molecule has 0 radical (unpaired) electrons. The van der Waals surface area contributed by atoms with Crippen LogP contribution in [0.5, 0.6) is 0 Å². The molecule has 0 saturated heterocycles. The van der Waals surface area contributed by atoms with E-state index in [4.69, 9.17) is 37.0 Å². The first kappa shape index (κ1) is 79.1. The van der Waals surface area contributed by atoms with E-state index in [0.29, 0.717) is 37.5 Å². The van der Waals surface area contributed by atoms with Gasteiger partial charge in [0, 0.05) is 25.7 Å². The van der Waals surface area contributed by atoms with Crippen LogP contribution in [0.25, 0.3) is 0 Å². The van der Waals surface area contributed by atoms with Crippen molar-refractivity contribution in [2.45, 2.75) is 311 Å². The molecule has 0 aromatic rings. The van der Waals surface area contributed by atoms with Gasteiger partial charge >= 0.3 is 39.5 Å². The van der Waals surface area contributed by atoms with Gasteiger partial charge in [0.25, 0.3) is 0 Å². The summed E-state index contributed by atoms with van der Waals surface area (Å²) < 4.78 is 67.9. The van der Waals surface area contributed by atoms with E-state index in [0.717, 1.165) is 115 Å². The van der Waals surface area contributed by atoms with E-state index in [1.165, 1.54) is 83.5 Å². The minimum atomic E-state index is -4.94. The quantitative estimate of drug-likeness (QED) is 0.0222. The Morgan fingerprint density at radius 2 is 0.593 bits per heavy atom.